The van der Waals surface area contributed by atoms with Gasteiger partial charge in [-0.1, -0.05) is 45.0 Å². The SMILES string of the molecule is CN(C)C(C)(Cc1ccc(C(C)(C)C)cc1)C(=O)O. The van der Waals surface area contributed by atoms with E-state index in [4.69, 9.17) is 0 Å². The van der Waals surface area contributed by atoms with Gasteiger partial charge in [-0.05, 0) is 37.6 Å². The Bertz CT molecular complexity index is 443. The van der Waals surface area contributed by atoms with Crippen molar-refractivity contribution in [3.63, 3.8) is 0 Å². The van der Waals surface area contributed by atoms with Crippen molar-refractivity contribution in [2.45, 2.75) is 45.1 Å². The maximum atomic E-state index is 11.5. The third-order valence-electron chi connectivity index (χ3n) is 3.82. The first-order valence-electron chi connectivity index (χ1n) is 6.57. The number of likely N-dealkylation sites (N-methyl/N-ethyl adjacent to an activating group) is 1. The summed E-state index contributed by atoms with van der Waals surface area (Å²) in [6.45, 7) is 8.27. The van der Waals surface area contributed by atoms with E-state index in [1.807, 2.05) is 12.1 Å². The number of hydrogen-bond acceptors (Lipinski definition) is 2. The highest BCUT2D eigenvalue weighted by Crippen LogP contribution is 2.24. The van der Waals surface area contributed by atoms with Crippen LogP contribution in [0.5, 0.6) is 0 Å². The Balaban J connectivity index is 2.97. The molecule has 0 aliphatic rings. The number of benzene rings is 1. The average Bonchev–Trinajstić information content (AvgIpc) is 2.27. The van der Waals surface area contributed by atoms with Crippen LogP contribution in [-0.2, 0) is 16.6 Å². The van der Waals surface area contributed by atoms with Crippen LogP contribution in [-0.4, -0.2) is 35.6 Å². The molecular formula is C16H25NO2. The van der Waals surface area contributed by atoms with Crippen LogP contribution in [0.1, 0.15) is 38.8 Å². The largest absolute Gasteiger partial charge is 0.480 e. The average molecular weight is 263 g/mol. The topological polar surface area (TPSA) is 40.5 Å². The molecule has 0 spiro atoms. The van der Waals surface area contributed by atoms with Gasteiger partial charge in [0.2, 0.25) is 0 Å². The van der Waals surface area contributed by atoms with Gasteiger partial charge in [0.05, 0.1) is 0 Å². The quantitative estimate of drug-likeness (QED) is 0.908. The molecule has 1 atom stereocenters. The summed E-state index contributed by atoms with van der Waals surface area (Å²) < 4.78 is 0. The molecule has 3 heteroatoms. The Kier molecular flexibility index (Phi) is 4.41. The summed E-state index contributed by atoms with van der Waals surface area (Å²) in [6, 6.07) is 8.25. The zero-order chi connectivity index (χ0) is 14.8. The Hall–Kier alpha value is -1.35. The highest BCUT2D eigenvalue weighted by Gasteiger charge is 2.35. The first-order chi connectivity index (χ1) is 8.57. The van der Waals surface area contributed by atoms with Crippen molar-refractivity contribution < 1.29 is 9.90 Å². The van der Waals surface area contributed by atoms with Crippen LogP contribution in [0.25, 0.3) is 0 Å². The highest BCUT2D eigenvalue weighted by atomic mass is 16.4. The van der Waals surface area contributed by atoms with Gasteiger partial charge in [0.15, 0.2) is 0 Å². The van der Waals surface area contributed by atoms with Crippen LogP contribution < -0.4 is 0 Å². The van der Waals surface area contributed by atoms with Crippen LogP contribution in [0.4, 0.5) is 0 Å². The molecule has 0 amide bonds. The number of hydrogen-bond donors (Lipinski definition) is 1. The third kappa shape index (κ3) is 3.57. The lowest BCUT2D eigenvalue weighted by Crippen LogP contribution is -2.50. The first-order valence-corrected chi connectivity index (χ1v) is 6.57. The second kappa shape index (κ2) is 5.33. The molecule has 0 aromatic heterocycles. The van der Waals surface area contributed by atoms with Gasteiger partial charge >= 0.3 is 5.97 Å². The molecule has 1 N–H and O–H groups in total. The normalized spacial score (nSPS) is 15.3. The molecule has 0 heterocycles. The summed E-state index contributed by atoms with van der Waals surface area (Å²) >= 11 is 0. The number of carbonyl (C=O) groups is 1. The van der Waals surface area contributed by atoms with E-state index in [-0.39, 0.29) is 5.41 Å². The number of aliphatic carboxylic acids is 1. The van der Waals surface area contributed by atoms with E-state index in [2.05, 4.69) is 32.9 Å². The fraction of sp³-hybridized carbons (Fsp3) is 0.562. The summed E-state index contributed by atoms with van der Waals surface area (Å²) in [7, 11) is 3.61. The van der Waals surface area contributed by atoms with Crippen LogP contribution in [0, 0.1) is 0 Å². The standard InChI is InChI=1S/C16H25NO2/c1-15(2,3)13-9-7-12(8-10-13)11-16(4,14(18)19)17(5)6/h7-10H,11H2,1-6H3,(H,18,19). The second-order valence-corrected chi connectivity index (χ2v) is 6.60. The molecular weight excluding hydrogens is 238 g/mol. The fourth-order valence-electron chi connectivity index (χ4n) is 1.95. The zero-order valence-corrected chi connectivity index (χ0v) is 12.8. The fourth-order valence-corrected chi connectivity index (χ4v) is 1.95. The highest BCUT2D eigenvalue weighted by molar-refractivity contribution is 5.78. The van der Waals surface area contributed by atoms with Gasteiger partial charge in [-0.2, -0.15) is 0 Å². The van der Waals surface area contributed by atoms with E-state index in [1.165, 1.54) is 5.56 Å². The van der Waals surface area contributed by atoms with Gasteiger partial charge in [-0.25, -0.2) is 0 Å². The Morgan fingerprint density at radius 2 is 1.58 bits per heavy atom. The van der Waals surface area contributed by atoms with Crippen molar-refractivity contribution in [1.29, 1.82) is 0 Å². The van der Waals surface area contributed by atoms with E-state index < -0.39 is 11.5 Å². The molecule has 0 fully saturated rings. The summed E-state index contributed by atoms with van der Waals surface area (Å²) in [5.41, 5.74) is 1.56. The van der Waals surface area contributed by atoms with Crippen molar-refractivity contribution in [2.75, 3.05) is 14.1 Å². The first kappa shape index (κ1) is 15.7. The van der Waals surface area contributed by atoms with Crippen molar-refractivity contribution in [2.24, 2.45) is 0 Å². The van der Waals surface area contributed by atoms with Crippen LogP contribution in [0.2, 0.25) is 0 Å². The minimum atomic E-state index is -0.872. The lowest BCUT2D eigenvalue weighted by molar-refractivity contribution is -0.148. The van der Waals surface area contributed by atoms with Crippen LogP contribution in [0.15, 0.2) is 24.3 Å². The molecule has 3 nitrogen and oxygen atoms in total. The van der Waals surface area contributed by atoms with Crippen molar-refractivity contribution in [1.82, 2.24) is 4.90 Å². The molecule has 1 rings (SSSR count). The van der Waals surface area contributed by atoms with Gasteiger partial charge in [-0.3, -0.25) is 9.69 Å². The maximum absolute atomic E-state index is 11.5. The minimum absolute atomic E-state index is 0.121. The Morgan fingerprint density at radius 1 is 1.11 bits per heavy atom. The second-order valence-electron chi connectivity index (χ2n) is 6.60. The molecule has 0 aliphatic heterocycles. The molecule has 0 aliphatic carbocycles. The molecule has 0 radical (unpaired) electrons. The number of carboxylic acids is 1. The number of nitrogens with zero attached hydrogens (tertiary/aromatic N) is 1. The minimum Gasteiger partial charge on any atom is -0.480 e. The molecule has 1 aromatic carbocycles. The molecule has 0 saturated heterocycles. The maximum Gasteiger partial charge on any atom is 0.324 e. The van der Waals surface area contributed by atoms with Gasteiger partial charge in [0.25, 0.3) is 0 Å². The Morgan fingerprint density at radius 3 is 1.89 bits per heavy atom. The number of carboxylic acid groups (broad SMARTS) is 1. The van der Waals surface area contributed by atoms with Crippen molar-refractivity contribution in [3.05, 3.63) is 35.4 Å². The van der Waals surface area contributed by atoms with Gasteiger partial charge < -0.3 is 5.11 Å². The van der Waals surface area contributed by atoms with Crippen LogP contribution >= 0.6 is 0 Å². The van der Waals surface area contributed by atoms with E-state index in [9.17, 15) is 9.90 Å². The Labute approximate surface area is 116 Å². The smallest absolute Gasteiger partial charge is 0.324 e. The lowest BCUT2D eigenvalue weighted by Gasteiger charge is -2.32. The summed E-state index contributed by atoms with van der Waals surface area (Å²) in [5, 5.41) is 9.41. The van der Waals surface area contributed by atoms with Crippen LogP contribution in [0.3, 0.4) is 0 Å². The van der Waals surface area contributed by atoms with Crippen molar-refractivity contribution in [3.8, 4) is 0 Å². The van der Waals surface area contributed by atoms with Gasteiger partial charge in [-0.15, -0.1) is 0 Å². The number of rotatable bonds is 4. The molecule has 0 bridgehead atoms. The molecule has 106 valence electrons. The molecule has 19 heavy (non-hydrogen) atoms. The van der Waals surface area contributed by atoms with Gasteiger partial charge in [0.1, 0.15) is 5.54 Å². The molecule has 1 unspecified atom stereocenters. The monoisotopic (exact) mass is 263 g/mol. The predicted molar refractivity (Wildman–Crippen MR) is 78.6 cm³/mol. The van der Waals surface area contributed by atoms with Gasteiger partial charge in [0, 0.05) is 6.42 Å². The van der Waals surface area contributed by atoms with E-state index in [0.717, 1.165) is 5.56 Å². The molecule has 0 saturated carbocycles. The van der Waals surface area contributed by atoms with E-state index >= 15 is 0 Å². The summed E-state index contributed by atoms with van der Waals surface area (Å²) in [4.78, 5) is 13.2. The predicted octanol–water partition coefficient (Wildman–Crippen LogP) is 2.93. The van der Waals surface area contributed by atoms with Crippen molar-refractivity contribution >= 4 is 5.97 Å². The zero-order valence-electron chi connectivity index (χ0n) is 12.8. The van der Waals surface area contributed by atoms with E-state index in [1.54, 1.807) is 25.9 Å². The summed E-state index contributed by atoms with van der Waals surface area (Å²) in [5.74, 6) is -0.794. The lowest BCUT2D eigenvalue weighted by atomic mass is 9.85. The molecule has 1 aromatic rings. The van der Waals surface area contributed by atoms with E-state index in [0.29, 0.717) is 6.42 Å². The summed E-state index contributed by atoms with van der Waals surface area (Å²) in [6.07, 6.45) is 0.500. The third-order valence-corrected chi connectivity index (χ3v) is 3.82.